The highest BCUT2D eigenvalue weighted by Gasteiger charge is 2.35. The lowest BCUT2D eigenvalue weighted by molar-refractivity contribution is -0.122. The number of carbonyl (C=O) groups is 3. The zero-order valence-corrected chi connectivity index (χ0v) is 14.7. The normalized spacial score (nSPS) is 16.7. The summed E-state index contributed by atoms with van der Waals surface area (Å²) < 4.78 is 13.2. The van der Waals surface area contributed by atoms with Gasteiger partial charge in [-0.05, 0) is 49.4 Å². The van der Waals surface area contributed by atoms with Gasteiger partial charge in [-0.1, -0.05) is 11.6 Å². The summed E-state index contributed by atoms with van der Waals surface area (Å²) >= 11 is 5.71. The molecule has 0 saturated carbocycles. The Morgan fingerprint density at radius 1 is 1.19 bits per heavy atom. The van der Waals surface area contributed by atoms with Crippen LogP contribution in [0.25, 0.3) is 0 Å². The molecule has 2 aromatic carbocycles. The Bertz CT molecular complexity index is 883. The molecule has 0 aliphatic carbocycles. The smallest absolute Gasteiger partial charge is 0.229 e. The third-order valence-electron chi connectivity index (χ3n) is 4.27. The zero-order chi connectivity index (χ0) is 18.8. The van der Waals surface area contributed by atoms with E-state index in [0.29, 0.717) is 16.9 Å². The van der Waals surface area contributed by atoms with E-state index in [1.165, 1.54) is 30.0 Å². The third-order valence-corrected chi connectivity index (χ3v) is 4.56. The van der Waals surface area contributed by atoms with Gasteiger partial charge in [0, 0.05) is 29.9 Å². The number of carbonyl (C=O) groups excluding carboxylic acids is 3. The fourth-order valence-corrected chi connectivity index (χ4v) is 3.01. The molecule has 1 atom stereocenters. The molecule has 5 nitrogen and oxygen atoms in total. The van der Waals surface area contributed by atoms with Crippen molar-refractivity contribution in [3.05, 3.63) is 58.9 Å². The van der Waals surface area contributed by atoms with Crippen molar-refractivity contribution in [2.24, 2.45) is 5.92 Å². The van der Waals surface area contributed by atoms with Crippen LogP contribution < -0.4 is 10.2 Å². The highest BCUT2D eigenvalue weighted by atomic mass is 35.5. The minimum absolute atomic E-state index is 0.0560. The first-order chi connectivity index (χ1) is 12.3. The lowest BCUT2D eigenvalue weighted by Gasteiger charge is -2.17. The fraction of sp³-hybridized carbons (Fsp3) is 0.211. The molecule has 1 fully saturated rings. The number of ketones is 1. The van der Waals surface area contributed by atoms with Crippen molar-refractivity contribution in [3.8, 4) is 0 Å². The van der Waals surface area contributed by atoms with Crippen molar-refractivity contribution in [1.29, 1.82) is 0 Å². The van der Waals surface area contributed by atoms with E-state index in [1.54, 1.807) is 24.3 Å². The van der Waals surface area contributed by atoms with Gasteiger partial charge in [-0.2, -0.15) is 0 Å². The number of rotatable bonds is 4. The molecule has 1 saturated heterocycles. The molecule has 1 aliphatic heterocycles. The molecule has 2 amide bonds. The van der Waals surface area contributed by atoms with Gasteiger partial charge in [0.15, 0.2) is 5.78 Å². The second-order valence-electron chi connectivity index (χ2n) is 6.13. The molecule has 1 N–H and O–H groups in total. The van der Waals surface area contributed by atoms with Crippen LogP contribution in [0.4, 0.5) is 15.8 Å². The van der Waals surface area contributed by atoms with Crippen LogP contribution in [0.3, 0.4) is 0 Å². The van der Waals surface area contributed by atoms with Gasteiger partial charge >= 0.3 is 0 Å². The summed E-state index contributed by atoms with van der Waals surface area (Å²) in [4.78, 5) is 37.5. The predicted octanol–water partition coefficient (Wildman–Crippen LogP) is 3.67. The second kappa shape index (κ2) is 7.25. The van der Waals surface area contributed by atoms with Crippen LogP contribution >= 0.6 is 11.6 Å². The van der Waals surface area contributed by atoms with Crippen molar-refractivity contribution in [1.82, 2.24) is 0 Å². The molecular weight excluding hydrogens is 359 g/mol. The van der Waals surface area contributed by atoms with Gasteiger partial charge < -0.3 is 10.2 Å². The summed E-state index contributed by atoms with van der Waals surface area (Å²) in [5.41, 5.74) is 1.57. The van der Waals surface area contributed by atoms with Crippen molar-refractivity contribution in [2.45, 2.75) is 13.3 Å². The van der Waals surface area contributed by atoms with Gasteiger partial charge in [-0.25, -0.2) is 4.39 Å². The van der Waals surface area contributed by atoms with Gasteiger partial charge in [0.25, 0.3) is 0 Å². The molecule has 1 heterocycles. The summed E-state index contributed by atoms with van der Waals surface area (Å²) in [5, 5.41) is 2.57. The lowest BCUT2D eigenvalue weighted by Crippen LogP contribution is -2.28. The number of amides is 2. The zero-order valence-electron chi connectivity index (χ0n) is 14.0. The number of nitrogens with one attached hydrogen (secondary N) is 1. The summed E-state index contributed by atoms with van der Waals surface area (Å²) in [6.45, 7) is 1.71. The largest absolute Gasteiger partial charge is 0.326 e. The van der Waals surface area contributed by atoms with E-state index in [0.717, 1.165) is 0 Å². The summed E-state index contributed by atoms with van der Waals surface area (Å²) in [7, 11) is 0. The van der Waals surface area contributed by atoms with Gasteiger partial charge in [0.1, 0.15) is 5.82 Å². The Hall–Kier alpha value is -2.73. The van der Waals surface area contributed by atoms with E-state index < -0.39 is 11.7 Å². The van der Waals surface area contributed by atoms with E-state index >= 15 is 0 Å². The number of hydrogen-bond acceptors (Lipinski definition) is 3. The van der Waals surface area contributed by atoms with E-state index in [9.17, 15) is 18.8 Å². The Morgan fingerprint density at radius 2 is 1.88 bits per heavy atom. The van der Waals surface area contributed by atoms with Crippen molar-refractivity contribution < 1.29 is 18.8 Å². The van der Waals surface area contributed by atoms with Gasteiger partial charge in [0.2, 0.25) is 11.8 Å². The first kappa shape index (κ1) is 18.1. The first-order valence-electron chi connectivity index (χ1n) is 8.02. The van der Waals surface area contributed by atoms with Gasteiger partial charge in [-0.3, -0.25) is 14.4 Å². The molecule has 3 rings (SSSR count). The van der Waals surface area contributed by atoms with Gasteiger partial charge in [-0.15, -0.1) is 0 Å². The number of halogens is 2. The quantitative estimate of drug-likeness (QED) is 0.830. The van der Waals surface area contributed by atoms with Crippen molar-refractivity contribution in [2.75, 3.05) is 16.8 Å². The van der Waals surface area contributed by atoms with Gasteiger partial charge in [0.05, 0.1) is 10.9 Å². The minimum Gasteiger partial charge on any atom is -0.326 e. The summed E-state index contributed by atoms with van der Waals surface area (Å²) in [6, 6.07) is 10.6. The maximum Gasteiger partial charge on any atom is 0.229 e. The Morgan fingerprint density at radius 3 is 2.50 bits per heavy atom. The van der Waals surface area contributed by atoms with Crippen LogP contribution in [0.1, 0.15) is 23.7 Å². The SMILES string of the molecule is CC(=O)c1ccc(N2CC(C(=O)Nc3ccc(F)c(Cl)c3)CC2=O)cc1. The molecule has 1 aliphatic rings. The first-order valence-corrected chi connectivity index (χ1v) is 8.40. The number of Topliss-reactive ketones (excluding diaryl/α,β-unsaturated/α-hetero) is 1. The van der Waals surface area contributed by atoms with Crippen molar-refractivity contribution >= 4 is 40.6 Å². The summed E-state index contributed by atoms with van der Waals surface area (Å²) in [6.07, 6.45) is 0.0786. The number of hydrogen-bond donors (Lipinski definition) is 1. The molecule has 1 unspecified atom stereocenters. The summed E-state index contributed by atoms with van der Waals surface area (Å²) in [5.74, 6) is -1.65. The standard InChI is InChI=1S/C19H16ClFN2O3/c1-11(24)12-2-5-15(6-3-12)23-10-13(8-18(23)25)19(26)22-14-4-7-17(21)16(20)9-14/h2-7,9,13H,8,10H2,1H3,(H,22,26). The minimum atomic E-state index is -0.569. The maximum absolute atomic E-state index is 13.2. The molecule has 134 valence electrons. The fourth-order valence-electron chi connectivity index (χ4n) is 2.83. The predicted molar refractivity (Wildman–Crippen MR) is 96.9 cm³/mol. The second-order valence-corrected chi connectivity index (χ2v) is 6.53. The average molecular weight is 375 g/mol. The van der Waals surface area contributed by atoms with Crippen LogP contribution in [0.2, 0.25) is 5.02 Å². The number of benzene rings is 2. The van der Waals surface area contributed by atoms with Crippen LogP contribution in [0, 0.1) is 11.7 Å². The highest BCUT2D eigenvalue weighted by Crippen LogP contribution is 2.27. The topological polar surface area (TPSA) is 66.5 Å². The Kier molecular flexibility index (Phi) is 5.04. The molecular formula is C19H16ClFN2O3. The monoisotopic (exact) mass is 374 g/mol. The molecule has 0 spiro atoms. The molecule has 7 heteroatoms. The van der Waals surface area contributed by atoms with Crippen LogP contribution in [0.5, 0.6) is 0 Å². The molecule has 0 radical (unpaired) electrons. The molecule has 0 aromatic heterocycles. The highest BCUT2D eigenvalue weighted by molar-refractivity contribution is 6.31. The number of nitrogens with zero attached hydrogens (tertiary/aromatic N) is 1. The van der Waals surface area contributed by atoms with Crippen LogP contribution in [-0.4, -0.2) is 24.1 Å². The van der Waals surface area contributed by atoms with Crippen LogP contribution in [-0.2, 0) is 9.59 Å². The lowest BCUT2D eigenvalue weighted by atomic mass is 10.1. The molecule has 0 bridgehead atoms. The third kappa shape index (κ3) is 3.75. The van der Waals surface area contributed by atoms with Crippen LogP contribution in [0.15, 0.2) is 42.5 Å². The van der Waals surface area contributed by atoms with E-state index in [1.807, 2.05) is 0 Å². The Labute approximate surface area is 154 Å². The molecule has 2 aromatic rings. The maximum atomic E-state index is 13.2. The average Bonchev–Trinajstić information content (AvgIpc) is 3.00. The van der Waals surface area contributed by atoms with E-state index in [-0.39, 0.29) is 35.6 Å². The van der Waals surface area contributed by atoms with E-state index in [4.69, 9.17) is 11.6 Å². The number of anilines is 2. The van der Waals surface area contributed by atoms with Crippen molar-refractivity contribution in [3.63, 3.8) is 0 Å². The van der Waals surface area contributed by atoms with E-state index in [2.05, 4.69) is 5.32 Å². The molecule has 26 heavy (non-hydrogen) atoms. The Balaban J connectivity index is 1.69.